The summed E-state index contributed by atoms with van der Waals surface area (Å²) in [7, 11) is 1.30. The summed E-state index contributed by atoms with van der Waals surface area (Å²) in [5.74, 6) is -1.32. The van der Waals surface area contributed by atoms with Crippen molar-refractivity contribution < 1.29 is 23.9 Å². The average molecular weight is 372 g/mol. The number of carbonyl (C=O) groups excluding carboxylic acids is 4. The number of ether oxygens (including phenoxy) is 1. The van der Waals surface area contributed by atoms with Crippen molar-refractivity contribution in [2.75, 3.05) is 12.4 Å². The molecule has 1 aliphatic carbocycles. The van der Waals surface area contributed by atoms with Crippen LogP contribution in [0.4, 0.5) is 5.69 Å². The smallest absolute Gasteiger partial charge is 0.337 e. The number of anilines is 1. The fourth-order valence-electron chi connectivity index (χ4n) is 4.75. The Morgan fingerprint density at radius 3 is 1.96 bits per heavy atom. The molecule has 2 bridgehead atoms. The van der Waals surface area contributed by atoms with Gasteiger partial charge in [-0.25, -0.2) is 4.79 Å². The van der Waals surface area contributed by atoms with Crippen molar-refractivity contribution >= 4 is 29.4 Å². The predicted octanol–water partition coefficient (Wildman–Crippen LogP) is 2.27. The Morgan fingerprint density at radius 1 is 0.963 bits per heavy atom. The molecule has 2 atom stereocenters. The first-order chi connectivity index (χ1) is 12.5. The van der Waals surface area contributed by atoms with Gasteiger partial charge in [-0.1, -0.05) is 20.8 Å². The number of esters is 1. The van der Waals surface area contributed by atoms with Crippen LogP contribution in [0.2, 0.25) is 0 Å². The van der Waals surface area contributed by atoms with Gasteiger partial charge in [0.25, 0.3) is 0 Å². The summed E-state index contributed by atoms with van der Waals surface area (Å²) >= 11 is 0. The van der Waals surface area contributed by atoms with Crippen LogP contribution in [0.1, 0.15) is 50.4 Å². The van der Waals surface area contributed by atoms with Gasteiger partial charge in [-0.3, -0.25) is 19.7 Å². The van der Waals surface area contributed by atoms with E-state index in [0.29, 0.717) is 30.5 Å². The average Bonchev–Trinajstić information content (AvgIpc) is 2.59. The highest BCUT2D eigenvalue weighted by molar-refractivity contribution is 6.05. The lowest BCUT2D eigenvalue weighted by Crippen LogP contribution is -2.63. The van der Waals surface area contributed by atoms with Gasteiger partial charge < -0.3 is 10.1 Å². The van der Waals surface area contributed by atoms with E-state index in [1.807, 2.05) is 13.8 Å². The van der Waals surface area contributed by atoms with E-state index in [4.69, 9.17) is 0 Å². The number of hydrogen-bond acceptors (Lipinski definition) is 5. The van der Waals surface area contributed by atoms with Crippen LogP contribution in [-0.4, -0.2) is 30.8 Å². The highest BCUT2D eigenvalue weighted by Gasteiger charge is 2.60. The van der Waals surface area contributed by atoms with Crippen LogP contribution < -0.4 is 10.6 Å². The number of fused-ring (bicyclic) bond motifs is 2. The summed E-state index contributed by atoms with van der Waals surface area (Å²) in [6.45, 7) is 5.42. The maximum atomic E-state index is 13.0. The van der Waals surface area contributed by atoms with Crippen LogP contribution in [0.3, 0.4) is 0 Å². The first kappa shape index (κ1) is 19.1. The molecule has 2 fully saturated rings. The lowest BCUT2D eigenvalue weighted by atomic mass is 9.52. The fourth-order valence-corrected chi connectivity index (χ4v) is 4.75. The van der Waals surface area contributed by atoms with Crippen LogP contribution in [-0.2, 0) is 19.1 Å². The minimum absolute atomic E-state index is 0.243. The van der Waals surface area contributed by atoms with E-state index in [1.54, 1.807) is 31.2 Å². The van der Waals surface area contributed by atoms with Gasteiger partial charge in [0, 0.05) is 21.9 Å². The van der Waals surface area contributed by atoms with Crippen molar-refractivity contribution in [2.45, 2.75) is 40.0 Å². The Kier molecular flexibility index (Phi) is 4.37. The van der Waals surface area contributed by atoms with Gasteiger partial charge in [0.2, 0.25) is 17.7 Å². The fraction of sp³-hybridized carbons (Fsp3) is 0.500. The van der Waals surface area contributed by atoms with Crippen molar-refractivity contribution in [1.29, 1.82) is 0 Å². The van der Waals surface area contributed by atoms with Crippen LogP contribution >= 0.6 is 0 Å². The molecule has 1 saturated carbocycles. The standard InChI is InChI=1S/C20H24N2O5/c1-18(9-19(2)11-20(3,10-18)17(26)22-16(19)25)15(24)21-13-7-5-12(6-8-13)14(23)27-4/h5-8H,9-11H2,1-4H3,(H,21,24)(H,22,25,26). The maximum Gasteiger partial charge on any atom is 0.337 e. The number of piperidine rings is 1. The summed E-state index contributed by atoms with van der Waals surface area (Å²) in [6, 6.07) is 6.38. The van der Waals surface area contributed by atoms with E-state index in [9.17, 15) is 19.2 Å². The molecule has 7 heteroatoms. The number of imide groups is 1. The van der Waals surface area contributed by atoms with Crippen LogP contribution in [0, 0.1) is 16.2 Å². The molecule has 1 aromatic carbocycles. The second kappa shape index (κ2) is 6.18. The zero-order valence-corrected chi connectivity index (χ0v) is 16.0. The number of methoxy groups -OCH3 is 1. The molecule has 1 heterocycles. The van der Waals surface area contributed by atoms with Crippen LogP contribution in [0.5, 0.6) is 0 Å². The van der Waals surface area contributed by atoms with E-state index < -0.39 is 22.2 Å². The van der Waals surface area contributed by atoms with Gasteiger partial charge in [-0.05, 0) is 43.5 Å². The third kappa shape index (κ3) is 3.22. The monoisotopic (exact) mass is 372 g/mol. The molecule has 1 aromatic rings. The lowest BCUT2D eigenvalue weighted by molar-refractivity contribution is -0.163. The van der Waals surface area contributed by atoms with E-state index >= 15 is 0 Å². The van der Waals surface area contributed by atoms with Crippen molar-refractivity contribution in [3.8, 4) is 0 Å². The highest BCUT2D eigenvalue weighted by atomic mass is 16.5. The predicted molar refractivity (Wildman–Crippen MR) is 97.7 cm³/mol. The second-order valence-corrected chi connectivity index (χ2v) is 8.52. The van der Waals surface area contributed by atoms with Crippen molar-refractivity contribution in [3.63, 3.8) is 0 Å². The molecular formula is C20H24N2O5. The summed E-state index contributed by atoms with van der Waals surface area (Å²) in [5, 5.41) is 5.31. The minimum Gasteiger partial charge on any atom is -0.465 e. The minimum atomic E-state index is -0.865. The first-order valence-corrected chi connectivity index (χ1v) is 8.87. The molecule has 1 saturated heterocycles. The van der Waals surface area contributed by atoms with Crippen LogP contribution in [0.15, 0.2) is 24.3 Å². The van der Waals surface area contributed by atoms with Gasteiger partial charge in [-0.15, -0.1) is 0 Å². The molecule has 144 valence electrons. The molecule has 0 aromatic heterocycles. The van der Waals surface area contributed by atoms with Gasteiger partial charge in [0.15, 0.2) is 0 Å². The molecule has 0 radical (unpaired) electrons. The third-order valence-corrected chi connectivity index (χ3v) is 5.78. The molecule has 2 aliphatic rings. The Balaban J connectivity index is 1.82. The third-order valence-electron chi connectivity index (χ3n) is 5.78. The summed E-state index contributed by atoms with van der Waals surface area (Å²) in [5.41, 5.74) is -1.47. The first-order valence-electron chi connectivity index (χ1n) is 8.87. The van der Waals surface area contributed by atoms with Gasteiger partial charge in [-0.2, -0.15) is 0 Å². The number of nitrogens with one attached hydrogen (secondary N) is 2. The quantitative estimate of drug-likeness (QED) is 0.626. The number of hydrogen-bond donors (Lipinski definition) is 2. The van der Waals surface area contributed by atoms with E-state index in [0.717, 1.165) is 0 Å². The Labute approximate surface area is 157 Å². The maximum absolute atomic E-state index is 13.0. The zero-order chi connectivity index (χ0) is 20.0. The molecule has 3 amide bonds. The van der Waals surface area contributed by atoms with E-state index in [-0.39, 0.29) is 17.7 Å². The topological polar surface area (TPSA) is 102 Å². The van der Waals surface area contributed by atoms with Crippen molar-refractivity contribution in [3.05, 3.63) is 29.8 Å². The number of carbonyl (C=O) groups is 4. The number of amides is 3. The molecule has 7 nitrogen and oxygen atoms in total. The SMILES string of the molecule is COC(=O)c1ccc(NC(=O)C2(C)CC3(C)CC(C)(C2)C(=O)NC3=O)cc1. The number of rotatable bonds is 3. The van der Waals surface area contributed by atoms with Gasteiger partial charge >= 0.3 is 5.97 Å². The highest BCUT2D eigenvalue weighted by Crippen LogP contribution is 2.56. The molecule has 0 spiro atoms. The summed E-state index contributed by atoms with van der Waals surface area (Å²) < 4.78 is 4.66. The van der Waals surface area contributed by atoms with Gasteiger partial charge in [0.1, 0.15) is 0 Å². The Hall–Kier alpha value is -2.70. The number of benzene rings is 1. The molecule has 2 N–H and O–H groups in total. The van der Waals surface area contributed by atoms with E-state index in [1.165, 1.54) is 7.11 Å². The second-order valence-electron chi connectivity index (χ2n) is 8.52. The summed E-state index contributed by atoms with van der Waals surface area (Å²) in [4.78, 5) is 49.3. The molecular weight excluding hydrogens is 348 g/mol. The molecule has 1 aliphatic heterocycles. The molecule has 27 heavy (non-hydrogen) atoms. The molecule has 3 rings (SSSR count). The summed E-state index contributed by atoms with van der Waals surface area (Å²) in [6.07, 6.45) is 1.17. The Morgan fingerprint density at radius 2 is 1.48 bits per heavy atom. The Bertz CT molecular complexity index is 803. The normalized spacial score (nSPS) is 32.4. The van der Waals surface area contributed by atoms with Crippen molar-refractivity contribution in [1.82, 2.24) is 5.32 Å². The van der Waals surface area contributed by atoms with Crippen molar-refractivity contribution in [2.24, 2.45) is 16.2 Å². The van der Waals surface area contributed by atoms with Crippen LogP contribution in [0.25, 0.3) is 0 Å². The molecule has 2 unspecified atom stereocenters. The lowest BCUT2D eigenvalue weighted by Gasteiger charge is -2.53. The van der Waals surface area contributed by atoms with E-state index in [2.05, 4.69) is 15.4 Å². The largest absolute Gasteiger partial charge is 0.465 e. The van der Waals surface area contributed by atoms with Gasteiger partial charge in [0.05, 0.1) is 12.7 Å². The zero-order valence-electron chi connectivity index (χ0n) is 16.0.